The van der Waals surface area contributed by atoms with Crippen molar-refractivity contribution in [3.63, 3.8) is 0 Å². The summed E-state index contributed by atoms with van der Waals surface area (Å²) in [5.74, 6) is -0.904. The van der Waals surface area contributed by atoms with Crippen LogP contribution < -0.4 is 9.84 Å². The van der Waals surface area contributed by atoms with Crippen molar-refractivity contribution in [1.29, 1.82) is 0 Å². The van der Waals surface area contributed by atoms with E-state index in [0.717, 1.165) is 6.21 Å². The molecule has 24 heavy (non-hydrogen) atoms. The first-order valence-corrected chi connectivity index (χ1v) is 7.77. The van der Waals surface area contributed by atoms with Crippen molar-refractivity contribution >= 4 is 64.3 Å². The number of carbonyl (C=O) groups is 1. The predicted octanol–water partition coefficient (Wildman–Crippen LogP) is 4.32. The highest BCUT2D eigenvalue weighted by Crippen LogP contribution is 2.31. The lowest BCUT2D eigenvalue weighted by Gasteiger charge is -2.06. The molecule has 0 radical (unpaired) electrons. The SMILES string of the molecule is O=C([O-])/C(Cl)=C(\Cl)C=Nc1ccc(Oc2ccc(Cl)cc2Cl)nc1. The Bertz CT molecular complexity index is 820. The van der Waals surface area contributed by atoms with Crippen molar-refractivity contribution in [2.45, 2.75) is 0 Å². The van der Waals surface area contributed by atoms with Gasteiger partial charge < -0.3 is 14.6 Å². The van der Waals surface area contributed by atoms with Crippen LogP contribution in [0.2, 0.25) is 10.0 Å². The fraction of sp³-hybridized carbons (Fsp3) is 0. The highest BCUT2D eigenvalue weighted by molar-refractivity contribution is 6.51. The molecule has 0 atom stereocenters. The monoisotopic (exact) mass is 403 g/mol. The van der Waals surface area contributed by atoms with E-state index >= 15 is 0 Å². The van der Waals surface area contributed by atoms with E-state index in [9.17, 15) is 9.90 Å². The van der Waals surface area contributed by atoms with Crippen LogP contribution in [0.15, 0.2) is 51.6 Å². The van der Waals surface area contributed by atoms with Gasteiger partial charge in [0.05, 0.1) is 32.9 Å². The molecule has 0 aliphatic rings. The second kappa shape index (κ2) is 8.35. The Labute approximate surface area is 157 Å². The minimum absolute atomic E-state index is 0.259. The smallest absolute Gasteiger partial charge is 0.219 e. The average Bonchev–Trinajstić information content (AvgIpc) is 2.55. The number of aromatic nitrogens is 1. The van der Waals surface area contributed by atoms with Crippen LogP contribution in [0.25, 0.3) is 0 Å². The summed E-state index contributed by atoms with van der Waals surface area (Å²) in [5.41, 5.74) is 0.408. The van der Waals surface area contributed by atoms with Gasteiger partial charge in [-0.25, -0.2) is 4.98 Å². The molecule has 0 saturated carbocycles. The molecule has 124 valence electrons. The Morgan fingerprint density at radius 2 is 1.96 bits per heavy atom. The second-order valence-electron chi connectivity index (χ2n) is 4.24. The number of halogens is 4. The van der Waals surface area contributed by atoms with Gasteiger partial charge in [0.2, 0.25) is 5.88 Å². The van der Waals surface area contributed by atoms with E-state index in [0.29, 0.717) is 21.5 Å². The first-order valence-electron chi connectivity index (χ1n) is 6.26. The minimum Gasteiger partial charge on any atom is -0.544 e. The number of carbonyl (C=O) groups excluding carboxylic acids is 1. The number of nitrogens with zero attached hydrogens (tertiary/aromatic N) is 2. The molecule has 0 spiro atoms. The van der Waals surface area contributed by atoms with Crippen molar-refractivity contribution in [3.05, 3.63) is 56.6 Å². The third-order valence-electron chi connectivity index (χ3n) is 2.55. The largest absolute Gasteiger partial charge is 0.544 e. The van der Waals surface area contributed by atoms with Crippen LogP contribution in [0.5, 0.6) is 11.6 Å². The van der Waals surface area contributed by atoms with Gasteiger partial charge in [-0.1, -0.05) is 46.4 Å². The quantitative estimate of drug-likeness (QED) is 0.549. The van der Waals surface area contributed by atoms with Gasteiger partial charge in [-0.3, -0.25) is 4.99 Å². The summed E-state index contributed by atoms with van der Waals surface area (Å²) in [6.07, 6.45) is 2.47. The van der Waals surface area contributed by atoms with E-state index in [-0.39, 0.29) is 10.9 Å². The van der Waals surface area contributed by atoms with Crippen molar-refractivity contribution in [1.82, 2.24) is 4.98 Å². The Kier molecular flexibility index (Phi) is 6.45. The number of benzene rings is 1. The molecule has 0 amide bonds. The van der Waals surface area contributed by atoms with Gasteiger partial charge in [-0.2, -0.15) is 0 Å². The van der Waals surface area contributed by atoms with E-state index < -0.39 is 11.0 Å². The Morgan fingerprint density at radius 1 is 1.21 bits per heavy atom. The molecule has 0 bridgehead atoms. The number of ether oxygens (including phenoxy) is 1. The third kappa shape index (κ3) is 5.11. The number of aliphatic imine (C=N–C) groups is 1. The van der Waals surface area contributed by atoms with E-state index in [1.807, 2.05) is 0 Å². The molecule has 2 rings (SSSR count). The third-order valence-corrected chi connectivity index (χ3v) is 3.82. The Hall–Kier alpha value is -1.79. The number of hydrogen-bond acceptors (Lipinski definition) is 5. The van der Waals surface area contributed by atoms with Gasteiger partial charge in [-0.15, -0.1) is 0 Å². The molecule has 1 aromatic heterocycles. The fourth-order valence-corrected chi connectivity index (χ4v) is 2.09. The molecule has 0 aliphatic carbocycles. The second-order valence-corrected chi connectivity index (χ2v) is 5.87. The highest BCUT2D eigenvalue weighted by Gasteiger charge is 2.05. The van der Waals surface area contributed by atoms with Crippen LogP contribution in [0.4, 0.5) is 5.69 Å². The summed E-state index contributed by atoms with van der Waals surface area (Å²) in [5, 5.41) is 10.5. The highest BCUT2D eigenvalue weighted by atomic mass is 35.5. The zero-order valence-corrected chi connectivity index (χ0v) is 14.7. The van der Waals surface area contributed by atoms with Crippen molar-refractivity contribution in [2.75, 3.05) is 0 Å². The zero-order valence-electron chi connectivity index (χ0n) is 11.7. The van der Waals surface area contributed by atoms with Crippen LogP contribution >= 0.6 is 46.4 Å². The van der Waals surface area contributed by atoms with Crippen molar-refractivity contribution in [2.24, 2.45) is 4.99 Å². The number of pyridine rings is 1. The van der Waals surface area contributed by atoms with Gasteiger partial charge in [0.25, 0.3) is 0 Å². The minimum atomic E-state index is -1.59. The number of allylic oxidation sites excluding steroid dienone is 1. The average molecular weight is 405 g/mol. The normalized spacial score (nSPS) is 12.2. The molecule has 0 N–H and O–H groups in total. The van der Waals surface area contributed by atoms with Gasteiger partial charge in [-0.05, 0) is 24.3 Å². The Morgan fingerprint density at radius 3 is 2.54 bits per heavy atom. The first-order chi connectivity index (χ1) is 11.4. The van der Waals surface area contributed by atoms with E-state index in [4.69, 9.17) is 51.1 Å². The molecule has 5 nitrogen and oxygen atoms in total. The Balaban J connectivity index is 2.11. The van der Waals surface area contributed by atoms with Gasteiger partial charge in [0.15, 0.2) is 0 Å². The number of carboxylic acids is 1. The standard InChI is InChI=1S/C15H8Cl4N2O3/c16-8-1-3-12(10(17)5-8)24-13-4-2-9(6-21-13)20-7-11(18)14(19)15(22)23/h1-7H,(H,22,23)/p-1/b14-11+,20-7?. The van der Waals surface area contributed by atoms with Crippen LogP contribution in [0.1, 0.15) is 0 Å². The molecule has 1 aromatic carbocycles. The summed E-state index contributed by atoms with van der Waals surface area (Å²) >= 11 is 22.9. The van der Waals surface area contributed by atoms with E-state index in [1.54, 1.807) is 30.3 Å². The number of carboxylic acid groups (broad SMARTS) is 1. The summed E-state index contributed by atoms with van der Waals surface area (Å²) < 4.78 is 5.52. The number of hydrogen-bond donors (Lipinski definition) is 0. The molecule has 0 saturated heterocycles. The maximum Gasteiger partial charge on any atom is 0.219 e. The van der Waals surface area contributed by atoms with Gasteiger partial charge >= 0.3 is 0 Å². The van der Waals surface area contributed by atoms with Crippen molar-refractivity contribution in [3.8, 4) is 11.6 Å². The van der Waals surface area contributed by atoms with Gasteiger partial charge in [0.1, 0.15) is 5.75 Å². The summed E-state index contributed by atoms with van der Waals surface area (Å²) in [7, 11) is 0. The molecule has 0 fully saturated rings. The summed E-state index contributed by atoms with van der Waals surface area (Å²) in [6.45, 7) is 0. The molecular formula is C15H7Cl4N2O3-. The molecule has 2 aromatic rings. The molecule has 9 heteroatoms. The van der Waals surface area contributed by atoms with Crippen LogP contribution in [0, 0.1) is 0 Å². The van der Waals surface area contributed by atoms with E-state index in [2.05, 4.69) is 9.98 Å². The van der Waals surface area contributed by atoms with E-state index in [1.165, 1.54) is 6.20 Å². The lowest BCUT2D eigenvalue weighted by atomic mass is 10.3. The molecule has 0 unspecified atom stereocenters. The first kappa shape index (κ1) is 18.5. The predicted molar refractivity (Wildman–Crippen MR) is 92.7 cm³/mol. The fourth-order valence-electron chi connectivity index (χ4n) is 1.47. The van der Waals surface area contributed by atoms with Crippen LogP contribution in [-0.4, -0.2) is 17.2 Å². The summed E-state index contributed by atoms with van der Waals surface area (Å²) in [6, 6.07) is 7.93. The molecule has 0 aliphatic heterocycles. The maximum absolute atomic E-state index is 10.5. The topological polar surface area (TPSA) is 74.6 Å². The van der Waals surface area contributed by atoms with Crippen LogP contribution in [0.3, 0.4) is 0 Å². The molecule has 1 heterocycles. The lowest BCUT2D eigenvalue weighted by molar-refractivity contribution is -0.298. The lowest BCUT2D eigenvalue weighted by Crippen LogP contribution is -2.22. The van der Waals surface area contributed by atoms with Crippen molar-refractivity contribution < 1.29 is 14.6 Å². The van der Waals surface area contributed by atoms with Crippen LogP contribution in [-0.2, 0) is 4.79 Å². The van der Waals surface area contributed by atoms with Gasteiger partial charge in [0, 0.05) is 17.3 Å². The maximum atomic E-state index is 10.5. The number of aliphatic carboxylic acids is 1. The zero-order chi connectivity index (χ0) is 17.7. The molecular weight excluding hydrogens is 398 g/mol. The summed E-state index contributed by atoms with van der Waals surface area (Å²) in [4.78, 5) is 18.5. The number of rotatable bonds is 5.